The third-order valence-electron chi connectivity index (χ3n) is 2.88. The molecule has 0 aromatic rings. The molecule has 1 unspecified atom stereocenters. The third-order valence-corrected chi connectivity index (χ3v) is 2.88. The van der Waals surface area contributed by atoms with Gasteiger partial charge in [-0.1, -0.05) is 12.8 Å². The van der Waals surface area contributed by atoms with Crippen molar-refractivity contribution in [1.29, 1.82) is 0 Å². The quantitative estimate of drug-likeness (QED) is 0.448. The van der Waals surface area contributed by atoms with Gasteiger partial charge < -0.3 is 20.9 Å². The Labute approximate surface area is 101 Å². The standard InChI is InChI=1S/C11H20N2O4/c1-2-17-11(16)9(12)10(15)13-7-5-3-4-6-8(7)14/h7-9,14H,2-6,12H2,1H3,(H,13,15)/t7-,8-,9?/m0/s1. The normalized spacial score (nSPS) is 26.1. The van der Waals surface area contributed by atoms with E-state index in [0.29, 0.717) is 12.8 Å². The fraction of sp³-hybridized carbons (Fsp3) is 0.818. The first-order valence-corrected chi connectivity index (χ1v) is 5.97. The van der Waals surface area contributed by atoms with Gasteiger partial charge in [0, 0.05) is 0 Å². The Bertz CT molecular complexity index is 283. The van der Waals surface area contributed by atoms with Gasteiger partial charge in [-0.15, -0.1) is 0 Å². The molecule has 0 aliphatic heterocycles. The Kier molecular flexibility index (Phi) is 5.37. The summed E-state index contributed by atoms with van der Waals surface area (Å²) in [5.74, 6) is -1.33. The highest BCUT2D eigenvalue weighted by Gasteiger charge is 2.29. The number of hydrogen-bond donors (Lipinski definition) is 3. The first kappa shape index (κ1) is 13.9. The lowest BCUT2D eigenvalue weighted by atomic mass is 9.92. The third kappa shape index (κ3) is 3.98. The Morgan fingerprint density at radius 2 is 2.12 bits per heavy atom. The van der Waals surface area contributed by atoms with Crippen LogP contribution in [0, 0.1) is 0 Å². The van der Waals surface area contributed by atoms with Crippen molar-refractivity contribution in [3.63, 3.8) is 0 Å². The average molecular weight is 244 g/mol. The van der Waals surface area contributed by atoms with Gasteiger partial charge in [0.1, 0.15) is 0 Å². The number of aliphatic hydroxyl groups excluding tert-OH is 1. The van der Waals surface area contributed by atoms with Crippen LogP contribution in [0.25, 0.3) is 0 Å². The lowest BCUT2D eigenvalue weighted by molar-refractivity contribution is -0.148. The summed E-state index contributed by atoms with van der Waals surface area (Å²) in [6, 6.07) is -1.62. The molecule has 1 fully saturated rings. The number of carbonyl (C=O) groups is 2. The number of aliphatic hydroxyl groups is 1. The number of rotatable bonds is 4. The van der Waals surface area contributed by atoms with E-state index in [0.717, 1.165) is 12.8 Å². The fourth-order valence-electron chi connectivity index (χ4n) is 1.89. The van der Waals surface area contributed by atoms with Gasteiger partial charge in [-0.25, -0.2) is 4.79 Å². The van der Waals surface area contributed by atoms with Crippen LogP contribution in [-0.2, 0) is 14.3 Å². The zero-order valence-corrected chi connectivity index (χ0v) is 10.0. The summed E-state index contributed by atoms with van der Waals surface area (Å²) in [5.41, 5.74) is 5.44. The van der Waals surface area contributed by atoms with Crippen LogP contribution in [0.1, 0.15) is 32.6 Å². The van der Waals surface area contributed by atoms with Crippen LogP contribution in [0.2, 0.25) is 0 Å². The van der Waals surface area contributed by atoms with E-state index in [1.807, 2.05) is 0 Å². The van der Waals surface area contributed by atoms with Crippen LogP contribution in [0.4, 0.5) is 0 Å². The van der Waals surface area contributed by atoms with Gasteiger partial charge in [0.25, 0.3) is 0 Å². The molecule has 98 valence electrons. The summed E-state index contributed by atoms with van der Waals surface area (Å²) >= 11 is 0. The Morgan fingerprint density at radius 3 is 2.71 bits per heavy atom. The van der Waals surface area contributed by atoms with E-state index in [1.165, 1.54) is 0 Å². The van der Waals surface area contributed by atoms with Crippen molar-refractivity contribution >= 4 is 11.9 Å². The summed E-state index contributed by atoms with van der Waals surface area (Å²) in [4.78, 5) is 22.9. The van der Waals surface area contributed by atoms with E-state index >= 15 is 0 Å². The second kappa shape index (κ2) is 6.56. The topological polar surface area (TPSA) is 102 Å². The molecule has 1 aliphatic carbocycles. The molecular weight excluding hydrogens is 224 g/mol. The van der Waals surface area contributed by atoms with E-state index in [1.54, 1.807) is 6.92 Å². The maximum atomic E-state index is 11.6. The summed E-state index contributed by atoms with van der Waals surface area (Å²) < 4.78 is 4.65. The molecule has 0 aromatic heterocycles. The molecule has 0 aromatic carbocycles. The molecule has 1 aliphatic rings. The van der Waals surface area contributed by atoms with E-state index in [4.69, 9.17) is 5.73 Å². The van der Waals surface area contributed by atoms with Crippen molar-refractivity contribution in [3.05, 3.63) is 0 Å². The number of ether oxygens (including phenoxy) is 1. The summed E-state index contributed by atoms with van der Waals surface area (Å²) in [6.07, 6.45) is 2.73. The SMILES string of the molecule is CCOC(=O)C(N)C(=O)N[C@H]1CCCC[C@@H]1O. The molecule has 0 saturated heterocycles. The van der Waals surface area contributed by atoms with E-state index in [9.17, 15) is 14.7 Å². The minimum atomic E-state index is -1.32. The number of carbonyl (C=O) groups excluding carboxylic acids is 2. The highest BCUT2D eigenvalue weighted by molar-refractivity contribution is 6.01. The van der Waals surface area contributed by atoms with Crippen LogP contribution in [0.3, 0.4) is 0 Å². The van der Waals surface area contributed by atoms with Crippen LogP contribution >= 0.6 is 0 Å². The minimum Gasteiger partial charge on any atom is -0.464 e. The van der Waals surface area contributed by atoms with E-state index in [2.05, 4.69) is 10.1 Å². The first-order chi connectivity index (χ1) is 8.06. The fourth-order valence-corrected chi connectivity index (χ4v) is 1.89. The summed E-state index contributed by atoms with van der Waals surface area (Å²) in [6.45, 7) is 1.83. The molecule has 0 spiro atoms. The molecule has 1 rings (SSSR count). The Hall–Kier alpha value is -1.14. The van der Waals surface area contributed by atoms with Gasteiger partial charge in [0.2, 0.25) is 5.91 Å². The van der Waals surface area contributed by atoms with Crippen LogP contribution in [0.5, 0.6) is 0 Å². The molecule has 6 nitrogen and oxygen atoms in total. The van der Waals surface area contributed by atoms with Gasteiger partial charge in [0.05, 0.1) is 18.8 Å². The number of amides is 1. The predicted octanol–water partition coefficient (Wildman–Crippen LogP) is -0.703. The maximum Gasteiger partial charge on any atom is 0.332 e. The lowest BCUT2D eigenvalue weighted by Gasteiger charge is -2.28. The first-order valence-electron chi connectivity index (χ1n) is 5.97. The smallest absolute Gasteiger partial charge is 0.332 e. The summed E-state index contributed by atoms with van der Waals surface area (Å²) in [5, 5.41) is 12.3. The highest BCUT2D eigenvalue weighted by Crippen LogP contribution is 2.18. The van der Waals surface area contributed by atoms with Crippen molar-refractivity contribution in [2.75, 3.05) is 6.61 Å². The molecule has 17 heavy (non-hydrogen) atoms. The lowest BCUT2D eigenvalue weighted by Crippen LogP contribution is -2.53. The van der Waals surface area contributed by atoms with Crippen molar-refractivity contribution in [2.45, 2.75) is 50.8 Å². The van der Waals surface area contributed by atoms with Gasteiger partial charge in [-0.05, 0) is 19.8 Å². The zero-order valence-electron chi connectivity index (χ0n) is 10.0. The van der Waals surface area contributed by atoms with E-state index in [-0.39, 0.29) is 12.6 Å². The number of nitrogens with two attached hydrogens (primary N) is 1. The minimum absolute atomic E-state index is 0.186. The van der Waals surface area contributed by atoms with Gasteiger partial charge in [-0.3, -0.25) is 4.79 Å². The second-order valence-electron chi connectivity index (χ2n) is 4.20. The number of hydrogen-bond acceptors (Lipinski definition) is 5. The second-order valence-corrected chi connectivity index (χ2v) is 4.20. The van der Waals surface area contributed by atoms with Crippen molar-refractivity contribution in [3.8, 4) is 0 Å². The number of esters is 1. The predicted molar refractivity (Wildman–Crippen MR) is 61.0 cm³/mol. The molecule has 1 saturated carbocycles. The molecule has 1 amide bonds. The van der Waals surface area contributed by atoms with Crippen molar-refractivity contribution < 1.29 is 19.4 Å². The molecular formula is C11H20N2O4. The monoisotopic (exact) mass is 244 g/mol. The molecule has 3 atom stereocenters. The number of nitrogens with one attached hydrogen (secondary N) is 1. The average Bonchev–Trinajstić information content (AvgIpc) is 2.31. The molecule has 4 N–H and O–H groups in total. The highest BCUT2D eigenvalue weighted by atomic mass is 16.5. The van der Waals surface area contributed by atoms with Crippen LogP contribution < -0.4 is 11.1 Å². The van der Waals surface area contributed by atoms with Crippen molar-refractivity contribution in [1.82, 2.24) is 5.32 Å². The van der Waals surface area contributed by atoms with Crippen molar-refractivity contribution in [2.24, 2.45) is 5.73 Å². The maximum absolute atomic E-state index is 11.6. The largest absolute Gasteiger partial charge is 0.464 e. The van der Waals surface area contributed by atoms with Gasteiger partial charge in [-0.2, -0.15) is 0 Å². The Morgan fingerprint density at radius 1 is 1.47 bits per heavy atom. The van der Waals surface area contributed by atoms with Crippen LogP contribution in [0.15, 0.2) is 0 Å². The molecule has 6 heteroatoms. The van der Waals surface area contributed by atoms with Crippen LogP contribution in [-0.4, -0.2) is 41.8 Å². The van der Waals surface area contributed by atoms with Gasteiger partial charge in [0.15, 0.2) is 6.04 Å². The molecule has 0 bridgehead atoms. The van der Waals surface area contributed by atoms with E-state index < -0.39 is 24.0 Å². The molecule has 0 heterocycles. The zero-order chi connectivity index (χ0) is 12.8. The Balaban J connectivity index is 2.44. The van der Waals surface area contributed by atoms with Gasteiger partial charge >= 0.3 is 5.97 Å². The summed E-state index contributed by atoms with van der Waals surface area (Å²) in [7, 11) is 0. The molecule has 0 radical (unpaired) electrons.